The van der Waals surface area contributed by atoms with Crippen molar-refractivity contribution in [2.45, 2.75) is 20.3 Å². The molecular weight excluding hydrogens is 182 g/mol. The van der Waals surface area contributed by atoms with Gasteiger partial charge in [0.1, 0.15) is 0 Å². The Balaban J connectivity index is 2.52. The lowest BCUT2D eigenvalue weighted by Gasteiger charge is -2.04. The van der Waals surface area contributed by atoms with Crippen LogP contribution >= 0.6 is 0 Å². The van der Waals surface area contributed by atoms with Crippen molar-refractivity contribution in [3.63, 3.8) is 0 Å². The first-order chi connectivity index (χ1) is 6.58. The second-order valence-corrected chi connectivity index (χ2v) is 3.41. The van der Waals surface area contributed by atoms with E-state index in [4.69, 9.17) is 5.11 Å². The summed E-state index contributed by atoms with van der Waals surface area (Å²) in [5.74, 6) is 0.373. The Hall–Kier alpha value is -1.65. The molecule has 1 aromatic heterocycles. The highest BCUT2D eigenvalue weighted by Gasteiger charge is 2.06. The smallest absolute Gasteiger partial charge is 0.229 e. The van der Waals surface area contributed by atoms with E-state index in [1.54, 1.807) is 0 Å². The number of nitrogens with zero attached hydrogens (tertiary/aromatic N) is 2. The number of rotatable bonds is 3. The molecule has 14 heavy (non-hydrogen) atoms. The molecular formula is C9H13N3O2. The third-order valence-electron chi connectivity index (χ3n) is 1.48. The van der Waals surface area contributed by atoms with Crippen LogP contribution in [0.3, 0.4) is 0 Å². The first-order valence-electron chi connectivity index (χ1n) is 4.39. The Morgan fingerprint density at radius 2 is 2.07 bits per heavy atom. The van der Waals surface area contributed by atoms with Crippen molar-refractivity contribution >= 4 is 11.9 Å². The van der Waals surface area contributed by atoms with Gasteiger partial charge < -0.3 is 5.11 Å². The van der Waals surface area contributed by atoms with Gasteiger partial charge in [-0.2, -0.15) is 0 Å². The van der Waals surface area contributed by atoms with Crippen LogP contribution in [0, 0.1) is 5.92 Å². The van der Waals surface area contributed by atoms with Crippen molar-refractivity contribution in [3.05, 3.63) is 12.4 Å². The van der Waals surface area contributed by atoms with E-state index < -0.39 is 0 Å². The molecule has 5 heteroatoms. The standard InChI is InChI=1S/C9H13N3O2/c1-6(2)3-8(14)12-9-10-4-7(13)5-11-9/h4-6,13H,3H2,1-2H3,(H,10,11,12,14). The Bertz CT molecular complexity index is 308. The van der Waals surface area contributed by atoms with Crippen molar-refractivity contribution in [1.82, 2.24) is 9.97 Å². The number of amides is 1. The van der Waals surface area contributed by atoms with Crippen molar-refractivity contribution in [1.29, 1.82) is 0 Å². The minimum atomic E-state index is -0.120. The van der Waals surface area contributed by atoms with E-state index >= 15 is 0 Å². The van der Waals surface area contributed by atoms with Crippen LogP contribution in [0.1, 0.15) is 20.3 Å². The molecule has 1 heterocycles. The summed E-state index contributed by atoms with van der Waals surface area (Å²) in [4.78, 5) is 18.7. The third-order valence-corrected chi connectivity index (χ3v) is 1.48. The van der Waals surface area contributed by atoms with Crippen LogP contribution in [0.15, 0.2) is 12.4 Å². The van der Waals surface area contributed by atoms with Gasteiger partial charge in [0.05, 0.1) is 12.4 Å². The number of carbonyl (C=O) groups is 1. The number of hydrogen-bond donors (Lipinski definition) is 2. The van der Waals surface area contributed by atoms with Gasteiger partial charge in [0, 0.05) is 6.42 Å². The fraction of sp³-hybridized carbons (Fsp3) is 0.444. The Morgan fingerprint density at radius 3 is 2.57 bits per heavy atom. The largest absolute Gasteiger partial charge is 0.505 e. The molecule has 0 spiro atoms. The van der Waals surface area contributed by atoms with Crippen LogP contribution in [-0.2, 0) is 4.79 Å². The van der Waals surface area contributed by atoms with E-state index in [1.165, 1.54) is 12.4 Å². The molecule has 5 nitrogen and oxygen atoms in total. The number of aromatic nitrogens is 2. The van der Waals surface area contributed by atoms with Gasteiger partial charge in [-0.1, -0.05) is 13.8 Å². The lowest BCUT2D eigenvalue weighted by Crippen LogP contribution is -2.15. The van der Waals surface area contributed by atoms with E-state index in [2.05, 4.69) is 15.3 Å². The van der Waals surface area contributed by atoms with Gasteiger partial charge in [-0.05, 0) is 5.92 Å². The minimum Gasteiger partial charge on any atom is -0.505 e. The van der Waals surface area contributed by atoms with Crippen LogP contribution in [0.25, 0.3) is 0 Å². The van der Waals surface area contributed by atoms with E-state index in [-0.39, 0.29) is 17.6 Å². The number of anilines is 1. The predicted octanol–water partition coefficient (Wildman–Crippen LogP) is 1.17. The molecule has 0 aromatic carbocycles. The minimum absolute atomic E-state index is 0.0214. The Morgan fingerprint density at radius 1 is 1.50 bits per heavy atom. The molecule has 0 bridgehead atoms. The average Bonchev–Trinajstić information content (AvgIpc) is 2.07. The number of aromatic hydroxyl groups is 1. The van der Waals surface area contributed by atoms with Crippen molar-refractivity contribution in [2.24, 2.45) is 5.92 Å². The molecule has 1 rings (SSSR count). The molecule has 0 atom stereocenters. The summed E-state index contributed by atoms with van der Waals surface area (Å²) in [6.07, 6.45) is 2.90. The molecule has 0 saturated heterocycles. The van der Waals surface area contributed by atoms with Crippen molar-refractivity contribution in [3.8, 4) is 5.75 Å². The number of nitrogens with one attached hydrogen (secondary N) is 1. The molecule has 76 valence electrons. The fourth-order valence-corrected chi connectivity index (χ4v) is 0.932. The highest BCUT2D eigenvalue weighted by atomic mass is 16.3. The maximum Gasteiger partial charge on any atom is 0.229 e. The summed E-state index contributed by atoms with van der Waals surface area (Å²) < 4.78 is 0. The second kappa shape index (κ2) is 4.55. The average molecular weight is 195 g/mol. The van der Waals surface area contributed by atoms with Crippen molar-refractivity contribution < 1.29 is 9.90 Å². The molecule has 0 aliphatic rings. The topological polar surface area (TPSA) is 75.1 Å². The van der Waals surface area contributed by atoms with Gasteiger partial charge in [-0.25, -0.2) is 9.97 Å². The normalized spacial score (nSPS) is 10.2. The van der Waals surface area contributed by atoms with E-state index in [9.17, 15) is 4.79 Å². The Labute approximate surface area is 82.2 Å². The second-order valence-electron chi connectivity index (χ2n) is 3.41. The van der Waals surface area contributed by atoms with Gasteiger partial charge >= 0.3 is 0 Å². The lowest BCUT2D eigenvalue weighted by molar-refractivity contribution is -0.116. The maximum absolute atomic E-state index is 11.3. The van der Waals surface area contributed by atoms with Crippen LogP contribution in [0.5, 0.6) is 5.75 Å². The van der Waals surface area contributed by atoms with Crippen LogP contribution in [-0.4, -0.2) is 21.0 Å². The number of carbonyl (C=O) groups excluding carboxylic acids is 1. The molecule has 1 aromatic rings. The summed E-state index contributed by atoms with van der Waals surface area (Å²) in [6.45, 7) is 3.91. The molecule has 1 amide bonds. The molecule has 0 saturated carbocycles. The number of hydrogen-bond acceptors (Lipinski definition) is 4. The molecule has 0 aliphatic carbocycles. The SMILES string of the molecule is CC(C)CC(=O)Nc1ncc(O)cn1. The maximum atomic E-state index is 11.3. The summed E-state index contributed by atoms with van der Waals surface area (Å²) in [5, 5.41) is 11.4. The van der Waals surface area contributed by atoms with Crippen LogP contribution in [0.2, 0.25) is 0 Å². The zero-order valence-electron chi connectivity index (χ0n) is 8.19. The van der Waals surface area contributed by atoms with Gasteiger partial charge in [0.2, 0.25) is 11.9 Å². The van der Waals surface area contributed by atoms with Gasteiger partial charge in [0.25, 0.3) is 0 Å². The van der Waals surface area contributed by atoms with E-state index in [1.807, 2.05) is 13.8 Å². The quantitative estimate of drug-likeness (QED) is 0.759. The summed E-state index contributed by atoms with van der Waals surface area (Å²) in [5.41, 5.74) is 0. The zero-order chi connectivity index (χ0) is 10.6. The first-order valence-corrected chi connectivity index (χ1v) is 4.39. The molecule has 0 fully saturated rings. The van der Waals surface area contributed by atoms with Gasteiger partial charge in [-0.3, -0.25) is 10.1 Å². The molecule has 2 N–H and O–H groups in total. The molecule has 0 radical (unpaired) electrons. The van der Waals surface area contributed by atoms with Crippen molar-refractivity contribution in [2.75, 3.05) is 5.32 Å². The van der Waals surface area contributed by atoms with E-state index in [0.717, 1.165) is 0 Å². The third kappa shape index (κ3) is 3.38. The highest BCUT2D eigenvalue weighted by molar-refractivity contribution is 5.88. The monoisotopic (exact) mass is 195 g/mol. The van der Waals surface area contributed by atoms with Crippen LogP contribution in [0.4, 0.5) is 5.95 Å². The first kappa shape index (κ1) is 10.4. The Kier molecular flexibility index (Phi) is 3.39. The predicted molar refractivity (Wildman–Crippen MR) is 51.8 cm³/mol. The summed E-state index contributed by atoms with van der Waals surface area (Å²) >= 11 is 0. The zero-order valence-corrected chi connectivity index (χ0v) is 8.19. The highest BCUT2D eigenvalue weighted by Crippen LogP contribution is 2.06. The molecule has 0 aliphatic heterocycles. The molecule has 0 unspecified atom stereocenters. The van der Waals surface area contributed by atoms with E-state index in [0.29, 0.717) is 12.3 Å². The lowest BCUT2D eigenvalue weighted by atomic mass is 10.1. The van der Waals surface area contributed by atoms with Gasteiger partial charge in [-0.15, -0.1) is 0 Å². The fourth-order valence-electron chi connectivity index (χ4n) is 0.932. The summed E-state index contributed by atoms with van der Waals surface area (Å²) in [6, 6.07) is 0. The van der Waals surface area contributed by atoms with Gasteiger partial charge in [0.15, 0.2) is 5.75 Å². The summed E-state index contributed by atoms with van der Waals surface area (Å²) in [7, 11) is 0. The van der Waals surface area contributed by atoms with Crippen LogP contribution < -0.4 is 5.32 Å².